The van der Waals surface area contributed by atoms with Crippen molar-refractivity contribution in [2.24, 2.45) is 0 Å². The number of esters is 2. The molecule has 2 saturated heterocycles. The number of anilines is 3. The summed E-state index contributed by atoms with van der Waals surface area (Å²) < 4.78 is 15.3. The summed E-state index contributed by atoms with van der Waals surface area (Å²) in [4.78, 5) is 54.8. The predicted molar refractivity (Wildman–Crippen MR) is 114 cm³/mol. The number of methoxy groups -OCH3 is 2. The monoisotopic (exact) mass is 443 g/mol. The molecule has 170 valence electrons. The van der Waals surface area contributed by atoms with Gasteiger partial charge >= 0.3 is 11.9 Å². The van der Waals surface area contributed by atoms with E-state index in [1.165, 1.54) is 19.1 Å². The van der Waals surface area contributed by atoms with E-state index in [-0.39, 0.29) is 36.4 Å². The van der Waals surface area contributed by atoms with E-state index in [0.717, 1.165) is 6.42 Å². The fourth-order valence-electron chi connectivity index (χ4n) is 4.28. The van der Waals surface area contributed by atoms with Crippen LogP contribution >= 0.6 is 0 Å². The molecular weight excluding hydrogens is 418 g/mol. The lowest BCUT2D eigenvalue weighted by atomic mass is 10.1. The first-order valence-electron chi connectivity index (χ1n) is 10.5. The number of carbonyl (C=O) groups is 4. The molecule has 1 aromatic carbocycles. The van der Waals surface area contributed by atoms with Crippen LogP contribution < -0.4 is 14.7 Å². The van der Waals surface area contributed by atoms with Crippen molar-refractivity contribution >= 4 is 40.8 Å². The number of nitrogens with zero attached hydrogens (tertiary/aromatic N) is 3. The van der Waals surface area contributed by atoms with Gasteiger partial charge in [-0.2, -0.15) is 0 Å². The van der Waals surface area contributed by atoms with Crippen LogP contribution in [-0.2, 0) is 33.4 Å². The lowest BCUT2D eigenvalue weighted by Gasteiger charge is -2.34. The summed E-state index contributed by atoms with van der Waals surface area (Å²) in [6, 6.07) is 5.28. The molecule has 0 aliphatic carbocycles. The van der Waals surface area contributed by atoms with Crippen molar-refractivity contribution in [2.45, 2.75) is 25.7 Å². The summed E-state index contributed by atoms with van der Waals surface area (Å²) in [6.07, 6.45) is 2.37. The summed E-state index contributed by atoms with van der Waals surface area (Å²) >= 11 is 0. The van der Waals surface area contributed by atoms with Crippen LogP contribution in [0.15, 0.2) is 29.5 Å². The lowest BCUT2D eigenvalue weighted by Crippen LogP contribution is -2.40. The third kappa shape index (κ3) is 3.81. The van der Waals surface area contributed by atoms with E-state index in [2.05, 4.69) is 0 Å². The topological polar surface area (TPSA) is 106 Å². The average molecular weight is 443 g/mol. The van der Waals surface area contributed by atoms with Crippen LogP contribution in [-0.4, -0.2) is 64.4 Å². The number of hydrogen-bond acceptors (Lipinski definition) is 8. The molecule has 0 N–H and O–H groups in total. The van der Waals surface area contributed by atoms with Gasteiger partial charge in [0, 0.05) is 31.6 Å². The quantitative estimate of drug-likeness (QED) is 0.628. The number of rotatable bonds is 5. The Morgan fingerprint density at radius 2 is 1.53 bits per heavy atom. The summed E-state index contributed by atoms with van der Waals surface area (Å²) in [7, 11) is 2.45. The molecule has 3 heterocycles. The summed E-state index contributed by atoms with van der Waals surface area (Å²) in [5.74, 6) is -1.44. The Morgan fingerprint density at radius 1 is 0.875 bits per heavy atom. The first-order chi connectivity index (χ1) is 15.5. The van der Waals surface area contributed by atoms with Gasteiger partial charge < -0.3 is 28.9 Å². The normalized spacial score (nSPS) is 19.1. The zero-order valence-electron chi connectivity index (χ0n) is 18.1. The molecule has 0 unspecified atom stereocenters. The summed E-state index contributed by atoms with van der Waals surface area (Å²) in [6.45, 7) is 0.991. The fourth-order valence-corrected chi connectivity index (χ4v) is 4.28. The van der Waals surface area contributed by atoms with Crippen LogP contribution in [0.25, 0.3) is 0 Å². The van der Waals surface area contributed by atoms with Crippen LogP contribution in [0.5, 0.6) is 0 Å². The third-order valence-electron chi connectivity index (χ3n) is 5.83. The van der Waals surface area contributed by atoms with Crippen molar-refractivity contribution in [3.05, 3.63) is 29.5 Å². The highest BCUT2D eigenvalue weighted by molar-refractivity contribution is 6.06. The number of amides is 2. The molecule has 0 aromatic heterocycles. The molecular formula is C22H25N3O7. The second-order valence-corrected chi connectivity index (χ2v) is 7.69. The summed E-state index contributed by atoms with van der Waals surface area (Å²) in [5, 5.41) is 0. The second kappa shape index (κ2) is 8.99. The van der Waals surface area contributed by atoms with Crippen molar-refractivity contribution < 1.29 is 33.4 Å². The maximum Gasteiger partial charge on any atom is 0.355 e. The smallest absolute Gasteiger partial charge is 0.355 e. The van der Waals surface area contributed by atoms with Gasteiger partial charge in [0.1, 0.15) is 12.4 Å². The lowest BCUT2D eigenvalue weighted by molar-refractivity contribution is -0.140. The van der Waals surface area contributed by atoms with Gasteiger partial charge in [-0.1, -0.05) is 0 Å². The van der Waals surface area contributed by atoms with Gasteiger partial charge in [0.2, 0.25) is 11.8 Å². The van der Waals surface area contributed by atoms with E-state index < -0.39 is 11.9 Å². The predicted octanol–water partition coefficient (Wildman–Crippen LogP) is 1.33. The molecule has 0 saturated carbocycles. The Kier molecular flexibility index (Phi) is 6.13. The van der Waals surface area contributed by atoms with Crippen molar-refractivity contribution in [1.29, 1.82) is 0 Å². The van der Waals surface area contributed by atoms with Crippen LogP contribution in [0.2, 0.25) is 0 Å². The Balaban J connectivity index is 1.85. The maximum absolute atomic E-state index is 12.7. The van der Waals surface area contributed by atoms with Crippen molar-refractivity contribution in [3.8, 4) is 0 Å². The molecule has 32 heavy (non-hydrogen) atoms. The van der Waals surface area contributed by atoms with Gasteiger partial charge in [0.15, 0.2) is 0 Å². The Labute approximate surface area is 185 Å². The SMILES string of the molecule is COC(=O)C1=C(C(=O)OC)N(c2ccc(N3CCCC3=O)cc2N2CCCC2=O)COC1. The van der Waals surface area contributed by atoms with Crippen LogP contribution in [0.4, 0.5) is 17.1 Å². The first-order valence-corrected chi connectivity index (χ1v) is 10.5. The minimum atomic E-state index is -0.716. The molecule has 0 atom stereocenters. The van der Waals surface area contributed by atoms with Crippen molar-refractivity contribution in [1.82, 2.24) is 0 Å². The molecule has 10 nitrogen and oxygen atoms in total. The highest BCUT2D eigenvalue weighted by atomic mass is 16.5. The van der Waals surface area contributed by atoms with Gasteiger partial charge in [0.05, 0.1) is 37.8 Å². The van der Waals surface area contributed by atoms with E-state index in [1.807, 2.05) is 0 Å². The van der Waals surface area contributed by atoms with Crippen LogP contribution in [0.3, 0.4) is 0 Å². The first kappa shape index (κ1) is 21.8. The highest BCUT2D eigenvalue weighted by Gasteiger charge is 2.36. The Morgan fingerprint density at radius 3 is 2.12 bits per heavy atom. The van der Waals surface area contributed by atoms with Crippen molar-refractivity contribution in [2.75, 3.05) is 55.3 Å². The molecule has 0 radical (unpaired) electrons. The van der Waals surface area contributed by atoms with Crippen molar-refractivity contribution in [3.63, 3.8) is 0 Å². The van der Waals surface area contributed by atoms with Crippen LogP contribution in [0.1, 0.15) is 25.7 Å². The molecule has 3 aliphatic heterocycles. The fraction of sp³-hybridized carbons (Fsp3) is 0.455. The third-order valence-corrected chi connectivity index (χ3v) is 5.83. The zero-order valence-corrected chi connectivity index (χ0v) is 18.1. The van der Waals surface area contributed by atoms with Gasteiger partial charge in [-0.25, -0.2) is 9.59 Å². The summed E-state index contributed by atoms with van der Waals surface area (Å²) in [5.41, 5.74) is 1.75. The maximum atomic E-state index is 12.7. The van der Waals surface area contributed by atoms with E-state index in [4.69, 9.17) is 14.2 Å². The minimum Gasteiger partial charge on any atom is -0.466 e. The molecule has 3 aliphatic rings. The standard InChI is InChI=1S/C22H25N3O7/c1-30-21(28)15-12-32-13-25(20(15)22(29)31-2)16-8-7-14(23-9-3-5-18(23)26)11-17(16)24-10-4-6-19(24)27/h7-8,11H,3-6,9-10,12-13H2,1-2H3. The Bertz CT molecular complexity index is 1000. The number of ether oxygens (including phenoxy) is 3. The van der Waals surface area contributed by atoms with Gasteiger partial charge in [-0.3, -0.25) is 9.59 Å². The molecule has 10 heteroatoms. The average Bonchev–Trinajstić information content (AvgIpc) is 3.44. The minimum absolute atomic E-state index is 0.00324. The Hall–Kier alpha value is -3.40. The largest absolute Gasteiger partial charge is 0.466 e. The van der Waals surface area contributed by atoms with E-state index >= 15 is 0 Å². The van der Waals surface area contributed by atoms with E-state index in [9.17, 15) is 19.2 Å². The molecule has 1 aromatic rings. The van der Waals surface area contributed by atoms with Crippen LogP contribution in [0, 0.1) is 0 Å². The van der Waals surface area contributed by atoms with Gasteiger partial charge in [-0.15, -0.1) is 0 Å². The molecule has 0 bridgehead atoms. The highest BCUT2D eigenvalue weighted by Crippen LogP contribution is 2.39. The number of carbonyl (C=O) groups excluding carboxylic acids is 4. The van der Waals surface area contributed by atoms with E-state index in [0.29, 0.717) is 49.4 Å². The molecule has 0 spiro atoms. The number of benzene rings is 1. The second-order valence-electron chi connectivity index (χ2n) is 7.69. The molecule has 2 amide bonds. The zero-order chi connectivity index (χ0) is 22.8. The molecule has 4 rings (SSSR count). The van der Waals surface area contributed by atoms with Gasteiger partial charge in [0.25, 0.3) is 0 Å². The number of hydrogen-bond donors (Lipinski definition) is 0. The molecule has 2 fully saturated rings. The van der Waals surface area contributed by atoms with E-state index in [1.54, 1.807) is 28.0 Å². The van der Waals surface area contributed by atoms with Gasteiger partial charge in [-0.05, 0) is 31.0 Å².